The van der Waals surface area contributed by atoms with Gasteiger partial charge in [-0.15, -0.1) is 0 Å². The maximum atomic E-state index is 12.7. The van der Waals surface area contributed by atoms with E-state index in [1.54, 1.807) is 7.11 Å². The number of rotatable bonds is 6. The molecule has 0 spiro atoms. The van der Waals surface area contributed by atoms with E-state index < -0.39 is 0 Å². The summed E-state index contributed by atoms with van der Waals surface area (Å²) < 4.78 is 5.33. The summed E-state index contributed by atoms with van der Waals surface area (Å²) in [5.74, 6) is 0.176. The van der Waals surface area contributed by atoms with Gasteiger partial charge in [-0.25, -0.2) is 0 Å². The molecule has 5 heteroatoms. The van der Waals surface area contributed by atoms with Crippen molar-refractivity contribution in [2.45, 2.75) is 45.1 Å². The van der Waals surface area contributed by atoms with Crippen molar-refractivity contribution >= 4 is 5.91 Å². The molecule has 0 aliphatic carbocycles. The van der Waals surface area contributed by atoms with Crippen molar-refractivity contribution in [2.24, 2.45) is 5.41 Å². The van der Waals surface area contributed by atoms with Crippen LogP contribution in [-0.4, -0.2) is 63.3 Å². The molecule has 122 valence electrons. The van der Waals surface area contributed by atoms with Crippen molar-refractivity contribution in [3.05, 3.63) is 0 Å². The topological polar surface area (TPSA) is 53.6 Å². The van der Waals surface area contributed by atoms with Crippen LogP contribution in [0.5, 0.6) is 0 Å². The van der Waals surface area contributed by atoms with Gasteiger partial charge in [0.15, 0.2) is 0 Å². The minimum absolute atomic E-state index is 0.176. The second kappa shape index (κ2) is 8.11. The summed E-state index contributed by atoms with van der Waals surface area (Å²) in [6, 6.07) is 0.426. The SMILES string of the molecule is COCC1(C(=O)NCC(C)N2CCCCC2)CCNCC1. The summed E-state index contributed by atoms with van der Waals surface area (Å²) in [7, 11) is 1.69. The van der Waals surface area contributed by atoms with E-state index >= 15 is 0 Å². The number of carbonyl (C=O) groups excluding carboxylic acids is 1. The number of ether oxygens (including phenoxy) is 1. The van der Waals surface area contributed by atoms with Crippen LogP contribution in [0.15, 0.2) is 0 Å². The van der Waals surface area contributed by atoms with Crippen molar-refractivity contribution in [1.82, 2.24) is 15.5 Å². The van der Waals surface area contributed by atoms with E-state index in [2.05, 4.69) is 22.5 Å². The first-order chi connectivity index (χ1) is 10.2. The predicted octanol–water partition coefficient (Wildman–Crippen LogP) is 0.993. The van der Waals surface area contributed by atoms with Crippen LogP contribution < -0.4 is 10.6 Å². The summed E-state index contributed by atoms with van der Waals surface area (Å²) in [6.07, 6.45) is 5.66. The van der Waals surface area contributed by atoms with E-state index in [-0.39, 0.29) is 11.3 Å². The first-order valence-corrected chi connectivity index (χ1v) is 8.40. The highest BCUT2D eigenvalue weighted by molar-refractivity contribution is 5.83. The van der Waals surface area contributed by atoms with Crippen LogP contribution in [0.2, 0.25) is 0 Å². The molecule has 2 saturated heterocycles. The Morgan fingerprint density at radius 2 is 1.95 bits per heavy atom. The highest BCUT2D eigenvalue weighted by Gasteiger charge is 2.39. The molecule has 2 aliphatic heterocycles. The molecule has 1 amide bonds. The van der Waals surface area contributed by atoms with Crippen molar-refractivity contribution in [3.63, 3.8) is 0 Å². The Kier molecular flexibility index (Phi) is 6.45. The smallest absolute Gasteiger partial charge is 0.228 e. The van der Waals surface area contributed by atoms with Gasteiger partial charge in [0.2, 0.25) is 5.91 Å². The molecule has 0 aromatic carbocycles. The zero-order valence-electron chi connectivity index (χ0n) is 13.6. The fourth-order valence-electron chi connectivity index (χ4n) is 3.53. The van der Waals surface area contributed by atoms with Gasteiger partial charge in [-0.05, 0) is 58.8 Å². The quantitative estimate of drug-likeness (QED) is 0.768. The Morgan fingerprint density at radius 3 is 2.57 bits per heavy atom. The van der Waals surface area contributed by atoms with Gasteiger partial charge < -0.3 is 15.4 Å². The first kappa shape index (κ1) is 16.7. The molecule has 0 bridgehead atoms. The van der Waals surface area contributed by atoms with E-state index in [0.717, 1.165) is 32.5 Å². The number of nitrogens with one attached hydrogen (secondary N) is 2. The normalized spacial score (nSPS) is 24.5. The van der Waals surface area contributed by atoms with Crippen molar-refractivity contribution in [1.29, 1.82) is 0 Å². The zero-order chi connectivity index (χ0) is 15.1. The second-order valence-electron chi connectivity index (χ2n) is 6.62. The Bertz CT molecular complexity index is 318. The Labute approximate surface area is 128 Å². The predicted molar refractivity (Wildman–Crippen MR) is 84.3 cm³/mol. The monoisotopic (exact) mass is 297 g/mol. The lowest BCUT2D eigenvalue weighted by Gasteiger charge is -2.37. The van der Waals surface area contributed by atoms with Crippen LogP contribution in [0.4, 0.5) is 0 Å². The maximum absolute atomic E-state index is 12.7. The molecule has 5 nitrogen and oxygen atoms in total. The number of hydrogen-bond acceptors (Lipinski definition) is 4. The van der Waals surface area contributed by atoms with Gasteiger partial charge in [-0.3, -0.25) is 9.69 Å². The summed E-state index contributed by atoms with van der Waals surface area (Å²) >= 11 is 0. The van der Waals surface area contributed by atoms with Crippen LogP contribution in [0.1, 0.15) is 39.0 Å². The Morgan fingerprint density at radius 1 is 1.29 bits per heavy atom. The lowest BCUT2D eigenvalue weighted by Crippen LogP contribution is -2.52. The highest BCUT2D eigenvalue weighted by atomic mass is 16.5. The first-order valence-electron chi connectivity index (χ1n) is 8.40. The lowest BCUT2D eigenvalue weighted by molar-refractivity contribution is -0.136. The van der Waals surface area contributed by atoms with E-state index in [9.17, 15) is 4.79 Å². The molecule has 2 rings (SSSR count). The van der Waals surface area contributed by atoms with E-state index in [0.29, 0.717) is 12.6 Å². The molecule has 1 unspecified atom stereocenters. The second-order valence-corrected chi connectivity index (χ2v) is 6.62. The van der Waals surface area contributed by atoms with Gasteiger partial charge in [0, 0.05) is 19.7 Å². The molecule has 2 N–H and O–H groups in total. The number of nitrogens with zero attached hydrogens (tertiary/aromatic N) is 1. The van der Waals surface area contributed by atoms with E-state index in [1.807, 2.05) is 0 Å². The van der Waals surface area contributed by atoms with Gasteiger partial charge >= 0.3 is 0 Å². The molecular weight excluding hydrogens is 266 g/mol. The summed E-state index contributed by atoms with van der Waals surface area (Å²) in [5.41, 5.74) is -0.332. The number of methoxy groups -OCH3 is 1. The van der Waals surface area contributed by atoms with Crippen LogP contribution in [0.25, 0.3) is 0 Å². The van der Waals surface area contributed by atoms with E-state index in [1.165, 1.54) is 32.4 Å². The average molecular weight is 297 g/mol. The fraction of sp³-hybridized carbons (Fsp3) is 0.938. The van der Waals surface area contributed by atoms with Crippen LogP contribution in [-0.2, 0) is 9.53 Å². The molecule has 0 aromatic rings. The van der Waals surface area contributed by atoms with E-state index in [4.69, 9.17) is 4.74 Å². The van der Waals surface area contributed by atoms with Crippen LogP contribution >= 0.6 is 0 Å². The van der Waals surface area contributed by atoms with Crippen LogP contribution in [0, 0.1) is 5.41 Å². The number of amides is 1. The Balaban J connectivity index is 1.83. The number of hydrogen-bond donors (Lipinski definition) is 2. The molecule has 0 aromatic heterocycles. The van der Waals surface area contributed by atoms with Gasteiger partial charge in [0.1, 0.15) is 0 Å². The molecule has 2 heterocycles. The molecule has 2 aliphatic rings. The molecule has 2 fully saturated rings. The number of piperidine rings is 2. The summed E-state index contributed by atoms with van der Waals surface area (Å²) in [6.45, 7) is 7.64. The van der Waals surface area contributed by atoms with Crippen molar-refractivity contribution in [2.75, 3.05) is 46.4 Å². The lowest BCUT2D eigenvalue weighted by atomic mass is 9.78. The molecule has 0 saturated carbocycles. The van der Waals surface area contributed by atoms with Gasteiger partial charge in [0.05, 0.1) is 12.0 Å². The molecule has 1 atom stereocenters. The minimum Gasteiger partial charge on any atom is -0.384 e. The highest BCUT2D eigenvalue weighted by Crippen LogP contribution is 2.29. The minimum atomic E-state index is -0.332. The van der Waals surface area contributed by atoms with Crippen molar-refractivity contribution < 1.29 is 9.53 Å². The third-order valence-corrected chi connectivity index (χ3v) is 5.03. The van der Waals surface area contributed by atoms with Gasteiger partial charge in [0.25, 0.3) is 0 Å². The van der Waals surface area contributed by atoms with Gasteiger partial charge in [-0.1, -0.05) is 6.42 Å². The molecular formula is C16H31N3O2. The number of likely N-dealkylation sites (tertiary alicyclic amines) is 1. The van der Waals surface area contributed by atoms with Gasteiger partial charge in [-0.2, -0.15) is 0 Å². The zero-order valence-corrected chi connectivity index (χ0v) is 13.6. The largest absolute Gasteiger partial charge is 0.384 e. The molecule has 0 radical (unpaired) electrons. The maximum Gasteiger partial charge on any atom is 0.228 e. The van der Waals surface area contributed by atoms with Crippen molar-refractivity contribution in [3.8, 4) is 0 Å². The fourth-order valence-corrected chi connectivity index (χ4v) is 3.53. The third kappa shape index (κ3) is 4.41. The number of carbonyl (C=O) groups is 1. The summed E-state index contributed by atoms with van der Waals surface area (Å²) in [4.78, 5) is 15.2. The molecule has 21 heavy (non-hydrogen) atoms. The Hall–Kier alpha value is -0.650. The third-order valence-electron chi connectivity index (χ3n) is 5.03. The van der Waals surface area contributed by atoms with Crippen LogP contribution in [0.3, 0.4) is 0 Å². The average Bonchev–Trinajstić information content (AvgIpc) is 2.54. The standard InChI is InChI=1S/C16H31N3O2/c1-14(19-10-4-3-5-11-19)12-18-15(20)16(13-21-2)6-8-17-9-7-16/h14,17H,3-13H2,1-2H3,(H,18,20). The summed E-state index contributed by atoms with van der Waals surface area (Å²) in [5, 5.41) is 6.51.